The first-order chi connectivity index (χ1) is 9.72. The Bertz CT molecular complexity index is 572. The third-order valence-corrected chi connectivity index (χ3v) is 5.49. The Morgan fingerprint density at radius 2 is 2.00 bits per heavy atom. The smallest absolute Gasteiger partial charge is 0.0931 e. The molecule has 1 N–H and O–H groups in total. The Morgan fingerprint density at radius 3 is 2.70 bits per heavy atom. The van der Waals surface area contributed by atoms with Gasteiger partial charge in [0.15, 0.2) is 0 Å². The summed E-state index contributed by atoms with van der Waals surface area (Å²) < 4.78 is 0.892. The van der Waals surface area contributed by atoms with Crippen LogP contribution in [0.25, 0.3) is 0 Å². The fraction of sp³-hybridized carbons (Fsp3) is 0.412. The van der Waals surface area contributed by atoms with Crippen LogP contribution >= 0.6 is 22.9 Å². The van der Waals surface area contributed by atoms with Crippen molar-refractivity contribution < 1.29 is 0 Å². The molecule has 106 valence electrons. The summed E-state index contributed by atoms with van der Waals surface area (Å²) in [5.74, 6) is 0.755. The average Bonchev–Trinajstić information content (AvgIpc) is 2.79. The number of nitrogens with one attached hydrogen (secondary N) is 1. The van der Waals surface area contributed by atoms with Gasteiger partial charge in [0, 0.05) is 17.5 Å². The van der Waals surface area contributed by atoms with E-state index in [-0.39, 0.29) is 0 Å². The van der Waals surface area contributed by atoms with E-state index in [9.17, 15) is 0 Å². The van der Waals surface area contributed by atoms with E-state index >= 15 is 0 Å². The Labute approximate surface area is 130 Å². The number of rotatable bonds is 5. The van der Waals surface area contributed by atoms with Crippen LogP contribution in [0.15, 0.2) is 36.4 Å². The third-order valence-electron chi connectivity index (χ3n) is 4.20. The maximum Gasteiger partial charge on any atom is 0.0931 e. The van der Waals surface area contributed by atoms with Gasteiger partial charge in [-0.2, -0.15) is 0 Å². The van der Waals surface area contributed by atoms with Crippen molar-refractivity contribution in [3.63, 3.8) is 0 Å². The molecule has 0 bridgehead atoms. The van der Waals surface area contributed by atoms with Crippen molar-refractivity contribution >= 4 is 22.9 Å². The van der Waals surface area contributed by atoms with Crippen LogP contribution in [0.4, 0.5) is 0 Å². The van der Waals surface area contributed by atoms with Crippen LogP contribution in [-0.4, -0.2) is 12.6 Å². The van der Waals surface area contributed by atoms with E-state index < -0.39 is 0 Å². The van der Waals surface area contributed by atoms with Gasteiger partial charge in [-0.15, -0.1) is 11.3 Å². The fourth-order valence-electron chi connectivity index (χ4n) is 2.97. The lowest BCUT2D eigenvalue weighted by Crippen LogP contribution is -2.41. The second-order valence-electron chi connectivity index (χ2n) is 5.63. The van der Waals surface area contributed by atoms with E-state index in [1.54, 1.807) is 11.3 Å². The summed E-state index contributed by atoms with van der Waals surface area (Å²) in [7, 11) is 0. The largest absolute Gasteiger partial charge is 0.314 e. The highest BCUT2D eigenvalue weighted by Crippen LogP contribution is 2.38. The summed E-state index contributed by atoms with van der Waals surface area (Å²) in [6, 6.07) is 13.6. The zero-order valence-corrected chi connectivity index (χ0v) is 13.3. The second-order valence-corrected chi connectivity index (χ2v) is 7.43. The lowest BCUT2D eigenvalue weighted by Gasteiger charge is -2.37. The molecule has 1 fully saturated rings. The van der Waals surface area contributed by atoms with Crippen molar-refractivity contribution in [2.75, 3.05) is 6.54 Å². The van der Waals surface area contributed by atoms with Crippen LogP contribution in [0.5, 0.6) is 0 Å². The monoisotopic (exact) mass is 305 g/mol. The average molecular weight is 306 g/mol. The molecule has 0 unspecified atom stereocenters. The second kappa shape index (κ2) is 6.30. The van der Waals surface area contributed by atoms with Gasteiger partial charge in [0.05, 0.1) is 4.34 Å². The first-order valence-corrected chi connectivity index (χ1v) is 8.45. The minimum atomic E-state index is 0.690. The molecule has 0 spiro atoms. The van der Waals surface area contributed by atoms with Crippen molar-refractivity contribution in [2.24, 2.45) is 0 Å². The highest BCUT2D eigenvalue weighted by Gasteiger charge is 2.30. The molecule has 1 saturated carbocycles. The molecule has 1 heterocycles. The molecule has 1 aromatic carbocycles. The van der Waals surface area contributed by atoms with Gasteiger partial charge in [-0.25, -0.2) is 0 Å². The SMILES string of the molecule is Cc1ccccc1C1CC(NCCc2ccc(Cl)s2)C1. The summed E-state index contributed by atoms with van der Waals surface area (Å²) in [4.78, 5) is 1.37. The van der Waals surface area contributed by atoms with Gasteiger partial charge in [-0.05, 0) is 55.4 Å². The molecule has 0 atom stereocenters. The zero-order valence-electron chi connectivity index (χ0n) is 11.7. The molecule has 0 radical (unpaired) electrons. The van der Waals surface area contributed by atoms with E-state index in [4.69, 9.17) is 11.6 Å². The highest BCUT2D eigenvalue weighted by atomic mass is 35.5. The summed E-state index contributed by atoms with van der Waals surface area (Å²) >= 11 is 7.63. The molecule has 1 aliphatic rings. The van der Waals surface area contributed by atoms with Crippen molar-refractivity contribution in [3.8, 4) is 0 Å². The topological polar surface area (TPSA) is 12.0 Å². The maximum absolute atomic E-state index is 5.94. The Morgan fingerprint density at radius 1 is 1.20 bits per heavy atom. The van der Waals surface area contributed by atoms with Gasteiger partial charge in [0.2, 0.25) is 0 Å². The zero-order chi connectivity index (χ0) is 13.9. The molecule has 2 aromatic rings. The number of hydrogen-bond donors (Lipinski definition) is 1. The number of benzene rings is 1. The predicted octanol–water partition coefficient (Wildman–Crippen LogP) is 4.79. The molecular weight excluding hydrogens is 286 g/mol. The summed E-state index contributed by atoms with van der Waals surface area (Å²) in [5.41, 5.74) is 2.97. The minimum absolute atomic E-state index is 0.690. The van der Waals surface area contributed by atoms with E-state index in [1.165, 1.54) is 28.8 Å². The minimum Gasteiger partial charge on any atom is -0.314 e. The molecule has 0 saturated heterocycles. The number of halogens is 1. The van der Waals surface area contributed by atoms with Crippen molar-refractivity contribution in [3.05, 3.63) is 56.7 Å². The quantitative estimate of drug-likeness (QED) is 0.837. The van der Waals surface area contributed by atoms with Gasteiger partial charge in [0.25, 0.3) is 0 Å². The summed E-state index contributed by atoms with van der Waals surface area (Å²) in [6.07, 6.45) is 3.63. The standard InChI is InChI=1S/C17H20ClNS/c1-12-4-2-3-5-16(12)13-10-14(11-13)19-9-8-15-6-7-17(18)20-15/h2-7,13-14,19H,8-11H2,1H3. The molecule has 1 aliphatic carbocycles. The van der Waals surface area contributed by atoms with Gasteiger partial charge >= 0.3 is 0 Å². The number of thiophene rings is 1. The van der Waals surface area contributed by atoms with Gasteiger partial charge in [0.1, 0.15) is 0 Å². The fourth-order valence-corrected chi connectivity index (χ4v) is 4.06. The molecule has 1 aromatic heterocycles. The predicted molar refractivity (Wildman–Crippen MR) is 88.0 cm³/mol. The number of aryl methyl sites for hydroxylation is 1. The molecule has 3 heteroatoms. The van der Waals surface area contributed by atoms with Gasteiger partial charge in [-0.1, -0.05) is 35.9 Å². The molecular formula is C17H20ClNS. The highest BCUT2D eigenvalue weighted by molar-refractivity contribution is 7.16. The van der Waals surface area contributed by atoms with Crippen LogP contribution in [0.3, 0.4) is 0 Å². The van der Waals surface area contributed by atoms with Crippen LogP contribution in [-0.2, 0) is 6.42 Å². The Balaban J connectivity index is 1.41. The lowest BCUT2D eigenvalue weighted by atomic mass is 9.74. The van der Waals surface area contributed by atoms with E-state index in [0.717, 1.165) is 23.2 Å². The van der Waals surface area contributed by atoms with Gasteiger partial charge in [-0.3, -0.25) is 0 Å². The maximum atomic E-state index is 5.94. The summed E-state index contributed by atoms with van der Waals surface area (Å²) in [5, 5.41) is 3.66. The van der Waals surface area contributed by atoms with E-state index in [0.29, 0.717) is 6.04 Å². The molecule has 0 aliphatic heterocycles. The lowest BCUT2D eigenvalue weighted by molar-refractivity contribution is 0.292. The normalized spacial score (nSPS) is 21.7. The van der Waals surface area contributed by atoms with Crippen molar-refractivity contribution in [1.29, 1.82) is 0 Å². The first-order valence-electron chi connectivity index (χ1n) is 7.25. The Hall–Kier alpha value is -0.830. The van der Waals surface area contributed by atoms with Crippen LogP contribution in [0.2, 0.25) is 4.34 Å². The van der Waals surface area contributed by atoms with Crippen LogP contribution in [0, 0.1) is 6.92 Å². The van der Waals surface area contributed by atoms with Crippen LogP contribution in [0.1, 0.15) is 34.8 Å². The molecule has 1 nitrogen and oxygen atoms in total. The molecule has 20 heavy (non-hydrogen) atoms. The first kappa shape index (κ1) is 14.1. The molecule has 0 amide bonds. The Kier molecular flexibility index (Phi) is 4.45. The van der Waals surface area contributed by atoms with E-state index in [1.807, 2.05) is 6.07 Å². The van der Waals surface area contributed by atoms with Crippen LogP contribution < -0.4 is 5.32 Å². The van der Waals surface area contributed by atoms with Crippen molar-refractivity contribution in [2.45, 2.75) is 38.1 Å². The van der Waals surface area contributed by atoms with Gasteiger partial charge < -0.3 is 5.32 Å². The van der Waals surface area contributed by atoms with Crippen molar-refractivity contribution in [1.82, 2.24) is 5.32 Å². The third kappa shape index (κ3) is 3.25. The summed E-state index contributed by atoms with van der Waals surface area (Å²) in [6.45, 7) is 3.28. The molecule has 3 rings (SSSR count). The van der Waals surface area contributed by atoms with E-state index in [2.05, 4.69) is 42.6 Å². The number of hydrogen-bond acceptors (Lipinski definition) is 2.